The lowest BCUT2D eigenvalue weighted by molar-refractivity contribution is -0.160. The Balaban J connectivity index is 1.88. The number of nitrogens with zero attached hydrogens (tertiary/aromatic N) is 1. The lowest BCUT2D eigenvalue weighted by atomic mass is 9.67. The van der Waals surface area contributed by atoms with Gasteiger partial charge in [-0.3, -0.25) is 9.59 Å². The molecule has 4 rings (SSSR count). The average Bonchev–Trinajstić information content (AvgIpc) is 2.78. The molecular weight excluding hydrogens is 537 g/mol. The van der Waals surface area contributed by atoms with Crippen LogP contribution >= 0.6 is 23.2 Å². The molecule has 1 unspecified atom stereocenters. The molecule has 1 N–H and O–H groups in total. The van der Waals surface area contributed by atoms with E-state index in [4.69, 9.17) is 27.9 Å². The highest BCUT2D eigenvalue weighted by Crippen LogP contribution is 2.52. The van der Waals surface area contributed by atoms with Gasteiger partial charge < -0.3 is 14.7 Å². The molecular formula is C27H31Cl2NO6S. The molecule has 0 radical (unpaired) electrons. The summed E-state index contributed by atoms with van der Waals surface area (Å²) in [7, 11) is -3.55. The highest BCUT2D eigenvalue weighted by molar-refractivity contribution is 7.92. The fourth-order valence-corrected chi connectivity index (χ4v) is 7.64. The highest BCUT2D eigenvalue weighted by atomic mass is 35.5. The molecule has 1 amide bonds. The van der Waals surface area contributed by atoms with Gasteiger partial charge in [0.2, 0.25) is 5.91 Å². The number of amides is 1. The smallest absolute Gasteiger partial charge is 0.304 e. The SMILES string of the molecule is CCC(CS(=O)(=O)C1COC1)N1C(=O)[C@@](C)(CC(=O)O)C[C@H](c2cccc(Cl)c2)[C@H]1c1ccc(Cl)cc1. The van der Waals surface area contributed by atoms with Crippen molar-refractivity contribution in [1.29, 1.82) is 0 Å². The maximum absolute atomic E-state index is 14.2. The highest BCUT2D eigenvalue weighted by Gasteiger charge is 2.53. The van der Waals surface area contributed by atoms with E-state index in [1.165, 1.54) is 0 Å². The largest absolute Gasteiger partial charge is 0.481 e. The summed E-state index contributed by atoms with van der Waals surface area (Å²) in [6, 6.07) is 13.3. The summed E-state index contributed by atoms with van der Waals surface area (Å²) < 4.78 is 31.5. The van der Waals surface area contributed by atoms with E-state index in [9.17, 15) is 23.1 Å². The summed E-state index contributed by atoms with van der Waals surface area (Å²) in [6.45, 7) is 3.80. The number of carboxylic acid groups (broad SMARTS) is 1. The lowest BCUT2D eigenvalue weighted by Gasteiger charge is -2.52. The van der Waals surface area contributed by atoms with Gasteiger partial charge in [-0.2, -0.15) is 0 Å². The molecule has 2 aliphatic heterocycles. The summed E-state index contributed by atoms with van der Waals surface area (Å²) >= 11 is 12.5. The number of rotatable bonds is 9. The topological polar surface area (TPSA) is 101 Å². The van der Waals surface area contributed by atoms with Crippen LogP contribution in [-0.4, -0.2) is 60.6 Å². The summed E-state index contributed by atoms with van der Waals surface area (Å²) in [5.74, 6) is -2.00. The Bertz CT molecular complexity index is 1260. The van der Waals surface area contributed by atoms with Gasteiger partial charge >= 0.3 is 5.97 Å². The van der Waals surface area contributed by atoms with Crippen molar-refractivity contribution >= 4 is 44.9 Å². The molecule has 2 aromatic carbocycles. The molecule has 0 saturated carbocycles. The van der Waals surface area contributed by atoms with E-state index in [1.54, 1.807) is 30.0 Å². The van der Waals surface area contributed by atoms with Gasteiger partial charge in [0.05, 0.1) is 36.8 Å². The number of aliphatic carboxylic acids is 1. The predicted molar refractivity (Wildman–Crippen MR) is 143 cm³/mol. The van der Waals surface area contributed by atoms with E-state index in [0.29, 0.717) is 16.5 Å². The lowest BCUT2D eigenvalue weighted by Crippen LogP contribution is -2.58. The Kier molecular flexibility index (Phi) is 8.24. The van der Waals surface area contributed by atoms with Gasteiger partial charge in [-0.05, 0) is 48.2 Å². The van der Waals surface area contributed by atoms with Gasteiger partial charge in [0, 0.05) is 22.0 Å². The monoisotopic (exact) mass is 567 g/mol. The summed E-state index contributed by atoms with van der Waals surface area (Å²) in [5, 5.41) is 10.2. The minimum atomic E-state index is -3.55. The van der Waals surface area contributed by atoms with Crippen molar-refractivity contribution in [2.45, 2.75) is 56.4 Å². The quantitative estimate of drug-likeness (QED) is 0.451. The van der Waals surface area contributed by atoms with Crippen LogP contribution in [0.3, 0.4) is 0 Å². The number of hydrogen-bond acceptors (Lipinski definition) is 5. The normalized spacial score (nSPS) is 25.5. The van der Waals surface area contributed by atoms with Crippen molar-refractivity contribution in [3.63, 3.8) is 0 Å². The van der Waals surface area contributed by atoms with Crippen LogP contribution in [0, 0.1) is 5.41 Å². The number of carbonyl (C=O) groups excluding carboxylic acids is 1. The third kappa shape index (κ3) is 5.82. The molecule has 0 spiro atoms. The van der Waals surface area contributed by atoms with Crippen LogP contribution in [0.4, 0.5) is 0 Å². The zero-order chi connectivity index (χ0) is 27.0. The molecule has 2 fully saturated rings. The molecule has 4 atom stereocenters. The van der Waals surface area contributed by atoms with Crippen LogP contribution in [-0.2, 0) is 24.2 Å². The van der Waals surface area contributed by atoms with E-state index in [0.717, 1.165) is 11.1 Å². The van der Waals surface area contributed by atoms with Crippen LogP contribution in [0.5, 0.6) is 0 Å². The zero-order valence-corrected chi connectivity index (χ0v) is 23.1. The zero-order valence-electron chi connectivity index (χ0n) is 20.8. The Labute approximate surface area is 227 Å². The maximum atomic E-state index is 14.2. The molecule has 0 aromatic heterocycles. The summed E-state index contributed by atoms with van der Waals surface area (Å²) in [5.41, 5.74) is 0.410. The van der Waals surface area contributed by atoms with E-state index >= 15 is 0 Å². The number of hydrogen-bond donors (Lipinski definition) is 1. The number of carboxylic acids is 1. The minimum absolute atomic E-state index is 0.148. The van der Waals surface area contributed by atoms with E-state index in [-0.39, 0.29) is 43.6 Å². The first kappa shape index (κ1) is 27.9. The number of ether oxygens (including phenoxy) is 1. The molecule has 7 nitrogen and oxygen atoms in total. The Hall–Kier alpha value is -2.13. The molecule has 37 heavy (non-hydrogen) atoms. The third-order valence-corrected chi connectivity index (χ3v) is 10.2. The van der Waals surface area contributed by atoms with E-state index < -0.39 is 38.6 Å². The van der Waals surface area contributed by atoms with Gasteiger partial charge in [-0.25, -0.2) is 8.42 Å². The van der Waals surface area contributed by atoms with Gasteiger partial charge in [-0.1, -0.05) is 61.3 Å². The number of halogens is 2. The standard InChI is InChI=1S/C27H31Cl2NO6S/c1-3-21(16-37(34,35)22-14-36-15-22)30-25(17-7-9-19(28)10-8-17)23(18-5-4-6-20(29)11-18)12-27(2,26(30)33)13-24(31)32/h4-11,21-23,25H,3,12-16H2,1-2H3,(H,31,32)/t21?,23-,25-,27-/m1/s1. The second-order valence-corrected chi connectivity index (χ2v) is 13.5. The Morgan fingerprint density at radius 1 is 1.14 bits per heavy atom. The number of carbonyl (C=O) groups is 2. The maximum Gasteiger partial charge on any atom is 0.304 e. The van der Waals surface area contributed by atoms with Gasteiger partial charge in [0.1, 0.15) is 5.25 Å². The molecule has 2 saturated heterocycles. The van der Waals surface area contributed by atoms with Crippen LogP contribution in [0.15, 0.2) is 48.5 Å². The van der Waals surface area contributed by atoms with Crippen LogP contribution in [0.2, 0.25) is 10.0 Å². The van der Waals surface area contributed by atoms with Gasteiger partial charge in [0.25, 0.3) is 0 Å². The molecule has 0 aliphatic carbocycles. The molecule has 2 heterocycles. The van der Waals surface area contributed by atoms with Crippen LogP contribution in [0.1, 0.15) is 56.2 Å². The number of sulfone groups is 1. The van der Waals surface area contributed by atoms with Gasteiger partial charge in [0.15, 0.2) is 9.84 Å². The second kappa shape index (κ2) is 10.9. The molecule has 0 bridgehead atoms. The first-order valence-electron chi connectivity index (χ1n) is 12.3. The average molecular weight is 569 g/mol. The predicted octanol–water partition coefficient (Wildman–Crippen LogP) is 5.12. The molecule has 2 aliphatic rings. The number of benzene rings is 2. The van der Waals surface area contributed by atoms with Crippen LogP contribution < -0.4 is 0 Å². The van der Waals surface area contributed by atoms with E-state index in [2.05, 4.69) is 0 Å². The van der Waals surface area contributed by atoms with Crippen molar-refractivity contribution in [2.75, 3.05) is 19.0 Å². The second-order valence-electron chi connectivity index (χ2n) is 10.3. The summed E-state index contributed by atoms with van der Waals surface area (Å²) in [4.78, 5) is 27.7. The van der Waals surface area contributed by atoms with Crippen molar-refractivity contribution in [2.24, 2.45) is 5.41 Å². The number of piperidine rings is 1. The fraction of sp³-hybridized carbons (Fsp3) is 0.481. The molecule has 10 heteroatoms. The minimum Gasteiger partial charge on any atom is -0.481 e. The van der Waals surface area contributed by atoms with Gasteiger partial charge in [-0.15, -0.1) is 0 Å². The number of likely N-dealkylation sites (tertiary alicyclic amines) is 1. The van der Waals surface area contributed by atoms with Crippen molar-refractivity contribution in [3.8, 4) is 0 Å². The summed E-state index contributed by atoms with van der Waals surface area (Å²) in [6.07, 6.45) is 0.280. The van der Waals surface area contributed by atoms with Crippen LogP contribution in [0.25, 0.3) is 0 Å². The first-order valence-corrected chi connectivity index (χ1v) is 14.8. The Morgan fingerprint density at radius 3 is 2.35 bits per heavy atom. The molecule has 2 aromatic rings. The van der Waals surface area contributed by atoms with Crippen molar-refractivity contribution < 1.29 is 27.9 Å². The van der Waals surface area contributed by atoms with E-state index in [1.807, 2.05) is 37.3 Å². The van der Waals surface area contributed by atoms with Crippen molar-refractivity contribution in [1.82, 2.24) is 4.90 Å². The third-order valence-electron chi connectivity index (χ3n) is 7.54. The Morgan fingerprint density at radius 2 is 1.81 bits per heavy atom. The van der Waals surface area contributed by atoms with Crippen molar-refractivity contribution in [3.05, 3.63) is 69.7 Å². The fourth-order valence-electron chi connectivity index (χ4n) is 5.50. The first-order chi connectivity index (χ1) is 17.4. The molecule has 200 valence electrons.